The van der Waals surface area contributed by atoms with E-state index in [0.29, 0.717) is 19.5 Å². The summed E-state index contributed by atoms with van der Waals surface area (Å²) in [6.45, 7) is 6.04. The molecule has 0 bridgehead atoms. The normalized spacial score (nSPS) is 11.0. The van der Waals surface area contributed by atoms with E-state index < -0.39 is 0 Å². The van der Waals surface area contributed by atoms with Gasteiger partial charge in [-0.05, 0) is 44.5 Å². The number of carbonyl (C=O) groups is 1. The van der Waals surface area contributed by atoms with Crippen LogP contribution in [0, 0.1) is 13.8 Å². The van der Waals surface area contributed by atoms with Gasteiger partial charge in [-0.15, -0.1) is 0 Å². The van der Waals surface area contributed by atoms with Crippen LogP contribution in [0.5, 0.6) is 5.75 Å². The summed E-state index contributed by atoms with van der Waals surface area (Å²) in [4.78, 5) is 12.1. The van der Waals surface area contributed by atoms with Crippen LogP contribution in [-0.2, 0) is 17.9 Å². The van der Waals surface area contributed by atoms with Crippen molar-refractivity contribution in [2.24, 2.45) is 0 Å². The van der Waals surface area contributed by atoms with Crippen LogP contribution >= 0.6 is 0 Å². The fourth-order valence-corrected chi connectivity index (χ4v) is 3.02. The molecule has 138 valence electrons. The number of benzene rings is 1. The maximum absolute atomic E-state index is 12.1. The lowest BCUT2D eigenvalue weighted by molar-refractivity contribution is -0.121. The van der Waals surface area contributed by atoms with E-state index in [1.807, 2.05) is 41.4 Å². The molecule has 26 heavy (non-hydrogen) atoms. The van der Waals surface area contributed by atoms with Crippen LogP contribution in [0.3, 0.4) is 0 Å². The molecular weight excluding hydrogens is 330 g/mol. The standard InChI is InChI=1S/C19H25N5O2/c1-14-11-15(2)23(22-14)9-4-8-20-19(25)7-10-24-18-6-5-17(26-3)12-16(18)13-21-24/h5-6,11-13H,4,7-10H2,1-3H3,(H,20,25). The van der Waals surface area contributed by atoms with Crippen LogP contribution < -0.4 is 10.1 Å². The third-order valence-corrected chi connectivity index (χ3v) is 4.37. The van der Waals surface area contributed by atoms with Gasteiger partial charge in [-0.1, -0.05) is 0 Å². The Hall–Kier alpha value is -2.83. The molecule has 3 aromatic rings. The fourth-order valence-electron chi connectivity index (χ4n) is 3.02. The Bertz CT molecular complexity index is 897. The van der Waals surface area contributed by atoms with Gasteiger partial charge in [-0.2, -0.15) is 10.2 Å². The molecule has 7 nitrogen and oxygen atoms in total. The van der Waals surface area contributed by atoms with Crippen LogP contribution in [0.2, 0.25) is 0 Å². The van der Waals surface area contributed by atoms with Crippen molar-refractivity contribution in [2.45, 2.75) is 39.8 Å². The molecule has 0 aliphatic rings. The van der Waals surface area contributed by atoms with Crippen molar-refractivity contribution < 1.29 is 9.53 Å². The van der Waals surface area contributed by atoms with Gasteiger partial charge in [0.2, 0.25) is 5.91 Å². The van der Waals surface area contributed by atoms with Crippen LogP contribution in [0.4, 0.5) is 0 Å². The number of rotatable bonds is 8. The first kappa shape index (κ1) is 18.0. The van der Waals surface area contributed by atoms with E-state index >= 15 is 0 Å². The molecule has 0 fully saturated rings. The highest BCUT2D eigenvalue weighted by Gasteiger charge is 2.07. The van der Waals surface area contributed by atoms with Crippen LogP contribution in [0.25, 0.3) is 10.9 Å². The third kappa shape index (κ3) is 4.22. The number of ether oxygens (including phenoxy) is 1. The number of amides is 1. The summed E-state index contributed by atoms with van der Waals surface area (Å²) < 4.78 is 9.05. The van der Waals surface area contributed by atoms with Crippen molar-refractivity contribution in [2.75, 3.05) is 13.7 Å². The molecule has 1 N–H and O–H groups in total. The Balaban J connectivity index is 1.43. The van der Waals surface area contributed by atoms with Crippen molar-refractivity contribution in [3.8, 4) is 5.75 Å². The fraction of sp³-hybridized carbons (Fsp3) is 0.421. The summed E-state index contributed by atoms with van der Waals surface area (Å²) in [6, 6.07) is 7.87. The number of methoxy groups -OCH3 is 1. The largest absolute Gasteiger partial charge is 0.497 e. The number of aromatic nitrogens is 4. The first-order valence-electron chi connectivity index (χ1n) is 8.84. The highest BCUT2D eigenvalue weighted by molar-refractivity contribution is 5.80. The highest BCUT2D eigenvalue weighted by Crippen LogP contribution is 2.20. The van der Waals surface area contributed by atoms with E-state index in [1.54, 1.807) is 13.3 Å². The van der Waals surface area contributed by atoms with Crippen LogP contribution in [-0.4, -0.2) is 39.1 Å². The molecule has 0 saturated carbocycles. The van der Waals surface area contributed by atoms with Gasteiger partial charge in [0, 0.05) is 30.6 Å². The molecule has 3 rings (SSSR count). The summed E-state index contributed by atoms with van der Waals surface area (Å²) in [7, 11) is 1.64. The van der Waals surface area contributed by atoms with Crippen LogP contribution in [0.1, 0.15) is 24.2 Å². The predicted octanol–water partition coefficient (Wildman–Crippen LogP) is 2.45. The Labute approximate surface area is 152 Å². The van der Waals surface area contributed by atoms with Gasteiger partial charge in [0.1, 0.15) is 5.75 Å². The molecule has 2 aromatic heterocycles. The third-order valence-electron chi connectivity index (χ3n) is 4.37. The zero-order valence-electron chi connectivity index (χ0n) is 15.5. The topological polar surface area (TPSA) is 74.0 Å². The van der Waals surface area contributed by atoms with E-state index in [1.165, 1.54) is 0 Å². The molecule has 0 saturated heterocycles. The van der Waals surface area contributed by atoms with Crippen molar-refractivity contribution in [1.82, 2.24) is 24.9 Å². The molecular formula is C19H25N5O2. The van der Waals surface area contributed by atoms with E-state index in [-0.39, 0.29) is 5.91 Å². The van der Waals surface area contributed by atoms with E-state index in [4.69, 9.17) is 4.74 Å². The van der Waals surface area contributed by atoms with E-state index in [0.717, 1.165) is 41.0 Å². The lowest BCUT2D eigenvalue weighted by atomic mass is 10.2. The molecule has 0 atom stereocenters. The van der Waals surface area contributed by atoms with Crippen LogP contribution in [0.15, 0.2) is 30.5 Å². The number of hydrogen-bond donors (Lipinski definition) is 1. The molecule has 0 spiro atoms. The minimum Gasteiger partial charge on any atom is -0.497 e. The minimum atomic E-state index is 0.0375. The molecule has 2 heterocycles. The number of hydrogen-bond acceptors (Lipinski definition) is 4. The van der Waals surface area contributed by atoms with Gasteiger partial charge in [0.15, 0.2) is 0 Å². The Morgan fingerprint density at radius 1 is 1.19 bits per heavy atom. The summed E-state index contributed by atoms with van der Waals surface area (Å²) >= 11 is 0. The monoisotopic (exact) mass is 355 g/mol. The van der Waals surface area contributed by atoms with Crippen molar-refractivity contribution >= 4 is 16.8 Å². The Kier molecular flexibility index (Phi) is 5.55. The average Bonchev–Trinajstić information content (AvgIpc) is 3.18. The van der Waals surface area contributed by atoms with Gasteiger partial charge in [-0.25, -0.2) is 0 Å². The molecule has 7 heteroatoms. The van der Waals surface area contributed by atoms with Gasteiger partial charge in [0.25, 0.3) is 0 Å². The molecule has 0 aliphatic carbocycles. The minimum absolute atomic E-state index is 0.0375. The van der Waals surface area contributed by atoms with E-state index in [2.05, 4.69) is 21.6 Å². The zero-order valence-corrected chi connectivity index (χ0v) is 15.5. The smallest absolute Gasteiger partial charge is 0.221 e. The number of aryl methyl sites for hydroxylation is 4. The average molecular weight is 355 g/mol. The van der Waals surface area contributed by atoms with Gasteiger partial charge < -0.3 is 10.1 Å². The van der Waals surface area contributed by atoms with Gasteiger partial charge in [0.05, 0.1) is 31.1 Å². The summed E-state index contributed by atoms with van der Waals surface area (Å²) in [5.41, 5.74) is 3.18. The van der Waals surface area contributed by atoms with Crippen molar-refractivity contribution in [1.29, 1.82) is 0 Å². The lowest BCUT2D eigenvalue weighted by Gasteiger charge is -2.08. The highest BCUT2D eigenvalue weighted by atomic mass is 16.5. The summed E-state index contributed by atoms with van der Waals surface area (Å²) in [5, 5.41) is 12.8. The quantitative estimate of drug-likeness (QED) is 0.630. The lowest BCUT2D eigenvalue weighted by Crippen LogP contribution is -2.26. The second-order valence-electron chi connectivity index (χ2n) is 6.40. The Morgan fingerprint density at radius 2 is 2.04 bits per heavy atom. The van der Waals surface area contributed by atoms with Gasteiger partial charge in [-0.3, -0.25) is 14.2 Å². The first-order valence-corrected chi connectivity index (χ1v) is 8.84. The molecule has 1 aromatic carbocycles. The maximum Gasteiger partial charge on any atom is 0.221 e. The maximum atomic E-state index is 12.1. The number of nitrogens with one attached hydrogen (secondary N) is 1. The van der Waals surface area contributed by atoms with Gasteiger partial charge >= 0.3 is 0 Å². The second kappa shape index (κ2) is 8.03. The summed E-state index contributed by atoms with van der Waals surface area (Å²) in [5.74, 6) is 0.841. The van der Waals surface area contributed by atoms with Crippen molar-refractivity contribution in [3.63, 3.8) is 0 Å². The SMILES string of the molecule is COc1ccc2c(cnn2CCC(=O)NCCCn2nc(C)cc2C)c1. The molecule has 0 unspecified atom stereocenters. The van der Waals surface area contributed by atoms with E-state index in [9.17, 15) is 4.79 Å². The number of nitrogens with zero attached hydrogens (tertiary/aromatic N) is 4. The first-order chi connectivity index (χ1) is 12.6. The molecule has 0 aliphatic heterocycles. The van der Waals surface area contributed by atoms with Crippen molar-refractivity contribution in [3.05, 3.63) is 41.9 Å². The predicted molar refractivity (Wildman–Crippen MR) is 100 cm³/mol. The zero-order chi connectivity index (χ0) is 18.5. The Morgan fingerprint density at radius 3 is 2.77 bits per heavy atom. The molecule has 1 amide bonds. The second-order valence-corrected chi connectivity index (χ2v) is 6.40. The summed E-state index contributed by atoms with van der Waals surface area (Å²) in [6.07, 6.45) is 3.06. The number of fused-ring (bicyclic) bond motifs is 1. The number of carbonyl (C=O) groups excluding carboxylic acids is 1. The molecule has 0 radical (unpaired) electrons.